The summed E-state index contributed by atoms with van der Waals surface area (Å²) in [5.74, 6) is -4.18. The first-order valence-corrected chi connectivity index (χ1v) is 4.43. The molecule has 0 spiro atoms. The second-order valence-corrected chi connectivity index (χ2v) is 3.22. The highest BCUT2D eigenvalue weighted by Crippen LogP contribution is 2.13. The molecule has 0 aliphatic heterocycles. The summed E-state index contributed by atoms with van der Waals surface area (Å²) in [4.78, 5) is 32.6. The fraction of sp³-hybridized carbons (Fsp3) is 0.625. The number of ketones is 1. The SMILES string of the molecule is NCCCC[C@@](N)(C(=O)O)C(=O)C(N)=O. The zero-order valence-corrected chi connectivity index (χ0v) is 8.23. The first kappa shape index (κ1) is 13.5. The van der Waals surface area contributed by atoms with Crippen molar-refractivity contribution >= 4 is 17.7 Å². The van der Waals surface area contributed by atoms with E-state index < -0.39 is 23.2 Å². The van der Waals surface area contributed by atoms with E-state index in [1.54, 1.807) is 0 Å². The predicted molar refractivity (Wildman–Crippen MR) is 51.7 cm³/mol. The summed E-state index contributed by atoms with van der Waals surface area (Å²) in [6, 6.07) is 0. The molecule has 1 amide bonds. The van der Waals surface area contributed by atoms with Gasteiger partial charge in [-0.05, 0) is 25.8 Å². The summed E-state index contributed by atoms with van der Waals surface area (Å²) in [6.07, 6.45) is 0.720. The van der Waals surface area contributed by atoms with Crippen molar-refractivity contribution in [3.05, 3.63) is 0 Å². The normalized spacial score (nSPS) is 14.3. The van der Waals surface area contributed by atoms with Gasteiger partial charge in [0.1, 0.15) is 0 Å². The minimum Gasteiger partial charge on any atom is -0.480 e. The number of primary amides is 1. The zero-order valence-electron chi connectivity index (χ0n) is 8.23. The predicted octanol–water partition coefficient (Wildman–Crippen LogP) is -2.05. The van der Waals surface area contributed by atoms with E-state index in [1.165, 1.54) is 0 Å². The van der Waals surface area contributed by atoms with Crippen molar-refractivity contribution in [2.24, 2.45) is 17.2 Å². The molecule has 0 heterocycles. The molecule has 0 saturated carbocycles. The third-order valence-corrected chi connectivity index (χ3v) is 2.04. The van der Waals surface area contributed by atoms with Gasteiger partial charge in [-0.1, -0.05) is 0 Å². The maximum Gasteiger partial charge on any atom is 0.332 e. The molecule has 15 heavy (non-hydrogen) atoms. The van der Waals surface area contributed by atoms with E-state index in [1.807, 2.05) is 0 Å². The molecule has 0 aromatic heterocycles. The van der Waals surface area contributed by atoms with E-state index in [-0.39, 0.29) is 6.42 Å². The number of Topliss-reactive ketones (excluding diaryl/α,β-unsaturated/α-hetero) is 1. The van der Waals surface area contributed by atoms with Gasteiger partial charge >= 0.3 is 5.97 Å². The van der Waals surface area contributed by atoms with Crippen LogP contribution in [-0.4, -0.2) is 34.8 Å². The van der Waals surface area contributed by atoms with Gasteiger partial charge in [-0.25, -0.2) is 4.79 Å². The highest BCUT2D eigenvalue weighted by Gasteiger charge is 2.44. The van der Waals surface area contributed by atoms with Crippen molar-refractivity contribution in [2.75, 3.05) is 6.54 Å². The number of rotatable bonds is 7. The highest BCUT2D eigenvalue weighted by molar-refractivity contribution is 6.43. The molecule has 7 N–H and O–H groups in total. The number of hydrogen-bond donors (Lipinski definition) is 4. The smallest absolute Gasteiger partial charge is 0.332 e. The number of hydrogen-bond acceptors (Lipinski definition) is 5. The summed E-state index contributed by atoms with van der Waals surface area (Å²) in [7, 11) is 0. The molecule has 0 fully saturated rings. The lowest BCUT2D eigenvalue weighted by Gasteiger charge is -2.21. The molecule has 0 bridgehead atoms. The molecular weight excluding hydrogens is 202 g/mol. The van der Waals surface area contributed by atoms with Gasteiger partial charge in [0.2, 0.25) is 0 Å². The van der Waals surface area contributed by atoms with Crippen LogP contribution in [0.1, 0.15) is 19.3 Å². The van der Waals surface area contributed by atoms with Gasteiger partial charge < -0.3 is 22.3 Å². The van der Waals surface area contributed by atoms with Crippen LogP contribution in [0.5, 0.6) is 0 Å². The van der Waals surface area contributed by atoms with Crippen molar-refractivity contribution in [1.82, 2.24) is 0 Å². The quantitative estimate of drug-likeness (QED) is 0.219. The molecular formula is C8H15N3O4. The Labute approximate surface area is 86.6 Å². The van der Waals surface area contributed by atoms with Crippen molar-refractivity contribution in [1.29, 1.82) is 0 Å². The largest absolute Gasteiger partial charge is 0.480 e. The lowest BCUT2D eigenvalue weighted by atomic mass is 9.88. The van der Waals surface area contributed by atoms with Gasteiger partial charge in [0.15, 0.2) is 5.54 Å². The Kier molecular flexibility index (Phi) is 4.89. The zero-order chi connectivity index (χ0) is 12.1. The van der Waals surface area contributed by atoms with E-state index >= 15 is 0 Å². The van der Waals surface area contributed by atoms with Crippen LogP contribution < -0.4 is 17.2 Å². The molecule has 0 radical (unpaired) electrons. The fourth-order valence-corrected chi connectivity index (χ4v) is 1.09. The Balaban J connectivity index is 4.67. The standard InChI is InChI=1S/C8H15N3O4/c9-4-2-1-3-8(11,7(14)15)5(12)6(10)13/h1-4,9,11H2,(H2,10,13)(H,14,15)/t8-/m0/s1. The molecule has 0 aliphatic carbocycles. The van der Waals surface area contributed by atoms with Crippen molar-refractivity contribution in [3.63, 3.8) is 0 Å². The van der Waals surface area contributed by atoms with Crippen molar-refractivity contribution in [3.8, 4) is 0 Å². The Hall–Kier alpha value is -1.47. The Morgan fingerprint density at radius 2 is 1.73 bits per heavy atom. The molecule has 1 atom stereocenters. The van der Waals surface area contributed by atoms with Gasteiger partial charge in [0, 0.05) is 0 Å². The van der Waals surface area contributed by atoms with Gasteiger partial charge in [0.05, 0.1) is 0 Å². The number of unbranched alkanes of at least 4 members (excludes halogenated alkanes) is 1. The van der Waals surface area contributed by atoms with Crippen LogP contribution in [0.25, 0.3) is 0 Å². The monoisotopic (exact) mass is 217 g/mol. The Morgan fingerprint density at radius 1 is 1.20 bits per heavy atom. The van der Waals surface area contributed by atoms with Crippen LogP contribution in [0, 0.1) is 0 Å². The summed E-state index contributed by atoms with van der Waals surface area (Å²) in [5.41, 5.74) is 13.0. The third kappa shape index (κ3) is 3.30. The summed E-state index contributed by atoms with van der Waals surface area (Å²) in [5, 5.41) is 8.77. The van der Waals surface area contributed by atoms with Crippen molar-refractivity contribution < 1.29 is 19.5 Å². The van der Waals surface area contributed by atoms with E-state index in [2.05, 4.69) is 0 Å². The lowest BCUT2D eigenvalue weighted by molar-refractivity contribution is -0.152. The summed E-state index contributed by atoms with van der Waals surface area (Å²) in [6.45, 7) is 0.362. The minimum absolute atomic E-state index is 0.151. The fourth-order valence-electron chi connectivity index (χ4n) is 1.09. The van der Waals surface area contributed by atoms with Gasteiger partial charge in [-0.3, -0.25) is 9.59 Å². The van der Waals surface area contributed by atoms with E-state index in [0.717, 1.165) is 0 Å². The van der Waals surface area contributed by atoms with Crippen LogP contribution in [0.2, 0.25) is 0 Å². The van der Waals surface area contributed by atoms with E-state index in [4.69, 9.17) is 22.3 Å². The van der Waals surface area contributed by atoms with Gasteiger partial charge in [-0.2, -0.15) is 0 Å². The maximum atomic E-state index is 11.2. The molecule has 86 valence electrons. The van der Waals surface area contributed by atoms with E-state index in [9.17, 15) is 14.4 Å². The Bertz CT molecular complexity index is 279. The number of carboxylic acid groups (broad SMARTS) is 1. The Morgan fingerprint density at radius 3 is 2.07 bits per heavy atom. The summed E-state index contributed by atoms with van der Waals surface area (Å²) < 4.78 is 0. The van der Waals surface area contributed by atoms with Crippen LogP contribution in [0.15, 0.2) is 0 Å². The molecule has 0 aromatic carbocycles. The topological polar surface area (TPSA) is 150 Å². The number of carbonyl (C=O) groups excluding carboxylic acids is 2. The van der Waals surface area contributed by atoms with Crippen LogP contribution in [0.3, 0.4) is 0 Å². The molecule has 7 heteroatoms. The molecule has 0 rings (SSSR count). The molecule has 0 aliphatic rings. The molecule has 0 unspecified atom stereocenters. The number of carbonyl (C=O) groups is 3. The minimum atomic E-state index is -2.22. The second-order valence-electron chi connectivity index (χ2n) is 3.22. The average Bonchev–Trinajstić information content (AvgIpc) is 2.16. The lowest BCUT2D eigenvalue weighted by Crippen LogP contribution is -2.58. The van der Waals surface area contributed by atoms with Gasteiger partial charge in [0.25, 0.3) is 11.7 Å². The molecule has 7 nitrogen and oxygen atoms in total. The van der Waals surface area contributed by atoms with Crippen LogP contribution in [0.4, 0.5) is 0 Å². The third-order valence-electron chi connectivity index (χ3n) is 2.04. The number of amides is 1. The van der Waals surface area contributed by atoms with Crippen LogP contribution >= 0.6 is 0 Å². The first-order valence-electron chi connectivity index (χ1n) is 4.43. The first-order chi connectivity index (χ1) is 6.86. The highest BCUT2D eigenvalue weighted by atomic mass is 16.4. The van der Waals surface area contributed by atoms with Crippen molar-refractivity contribution in [2.45, 2.75) is 24.8 Å². The molecule has 0 aromatic rings. The average molecular weight is 217 g/mol. The second kappa shape index (κ2) is 5.42. The van der Waals surface area contributed by atoms with Crippen LogP contribution in [-0.2, 0) is 14.4 Å². The maximum absolute atomic E-state index is 11.2. The summed E-state index contributed by atoms with van der Waals surface area (Å²) >= 11 is 0. The number of carboxylic acids is 1. The number of nitrogens with two attached hydrogens (primary N) is 3. The number of aliphatic carboxylic acids is 1. The molecule has 0 saturated heterocycles. The van der Waals surface area contributed by atoms with Gasteiger partial charge in [-0.15, -0.1) is 0 Å². The van der Waals surface area contributed by atoms with E-state index in [0.29, 0.717) is 19.4 Å².